The maximum absolute atomic E-state index is 12.7. The first-order chi connectivity index (χ1) is 11.7. The van der Waals surface area contributed by atoms with Crippen LogP contribution < -0.4 is 4.72 Å². The number of ether oxygens (including phenoxy) is 1. The normalized spacial score (nSPS) is 14.3. The molecule has 0 saturated heterocycles. The second-order valence-electron chi connectivity index (χ2n) is 5.99. The second kappa shape index (κ2) is 7.94. The van der Waals surface area contributed by atoms with Crippen LogP contribution in [0.4, 0.5) is 0 Å². The fraction of sp³-hybridized carbons (Fsp3) is 0.500. The molecule has 2 N–H and O–H groups in total. The van der Waals surface area contributed by atoms with Gasteiger partial charge < -0.3 is 14.7 Å². The number of aryl methyl sites for hydroxylation is 1. The van der Waals surface area contributed by atoms with Gasteiger partial charge in [0.25, 0.3) is 5.91 Å². The first-order valence-corrected chi connectivity index (χ1v) is 9.36. The smallest absolute Gasteiger partial charge is 0.323 e. The molecule has 1 aliphatic carbocycles. The summed E-state index contributed by atoms with van der Waals surface area (Å²) in [4.78, 5) is 24.8. The number of hydrogen-bond donors (Lipinski definition) is 2. The third-order valence-corrected chi connectivity index (χ3v) is 5.35. The zero-order valence-electron chi connectivity index (χ0n) is 14.2. The van der Waals surface area contributed by atoms with Crippen LogP contribution in [0, 0.1) is 6.92 Å². The van der Waals surface area contributed by atoms with Gasteiger partial charge in [-0.15, -0.1) is 0 Å². The number of carboxylic acids is 1. The Morgan fingerprint density at radius 3 is 2.60 bits per heavy atom. The van der Waals surface area contributed by atoms with Crippen molar-refractivity contribution >= 4 is 21.9 Å². The molecule has 1 fully saturated rings. The predicted octanol–water partition coefficient (Wildman–Crippen LogP) is 0.609. The summed E-state index contributed by atoms with van der Waals surface area (Å²) >= 11 is 0. The number of carbonyl (C=O) groups excluding carboxylic acids is 1. The van der Waals surface area contributed by atoms with E-state index in [4.69, 9.17) is 9.84 Å². The zero-order valence-corrected chi connectivity index (χ0v) is 15.0. The molecule has 0 radical (unpaired) electrons. The van der Waals surface area contributed by atoms with Gasteiger partial charge in [-0.3, -0.25) is 9.59 Å². The van der Waals surface area contributed by atoms with E-state index in [0.717, 1.165) is 17.7 Å². The van der Waals surface area contributed by atoms with E-state index >= 15 is 0 Å². The van der Waals surface area contributed by atoms with Crippen LogP contribution in [-0.4, -0.2) is 63.1 Å². The van der Waals surface area contributed by atoms with Crippen LogP contribution in [0.3, 0.4) is 0 Å². The van der Waals surface area contributed by atoms with E-state index in [1.165, 1.54) is 19.2 Å². The summed E-state index contributed by atoms with van der Waals surface area (Å²) in [5, 5.41) is 9.00. The maximum Gasteiger partial charge on any atom is 0.323 e. The molecule has 138 valence electrons. The highest BCUT2D eigenvalue weighted by Crippen LogP contribution is 2.23. The lowest BCUT2D eigenvalue weighted by atomic mass is 10.1. The quantitative estimate of drug-likeness (QED) is 0.658. The van der Waals surface area contributed by atoms with Crippen molar-refractivity contribution in [2.45, 2.75) is 30.7 Å². The average molecular weight is 370 g/mol. The van der Waals surface area contributed by atoms with Crippen LogP contribution in [0.5, 0.6) is 0 Å². The summed E-state index contributed by atoms with van der Waals surface area (Å²) in [6, 6.07) is 4.23. The summed E-state index contributed by atoms with van der Waals surface area (Å²) in [5.41, 5.74) is 0.735. The lowest BCUT2D eigenvalue weighted by Crippen LogP contribution is -2.38. The highest BCUT2D eigenvalue weighted by molar-refractivity contribution is 7.89. The third kappa shape index (κ3) is 5.25. The fourth-order valence-corrected chi connectivity index (χ4v) is 3.61. The topological polar surface area (TPSA) is 113 Å². The molecule has 1 saturated carbocycles. The molecule has 1 aliphatic rings. The lowest BCUT2D eigenvalue weighted by Gasteiger charge is -2.21. The number of aliphatic carboxylic acids is 1. The number of rotatable bonds is 9. The van der Waals surface area contributed by atoms with Crippen molar-refractivity contribution in [1.29, 1.82) is 0 Å². The SMILES string of the molecule is COCCN(CC(=O)O)C(=O)c1cc(S(=O)(=O)NC2CC2)ccc1C. The average Bonchev–Trinajstić information content (AvgIpc) is 3.34. The van der Waals surface area contributed by atoms with Gasteiger partial charge in [0.2, 0.25) is 10.0 Å². The van der Waals surface area contributed by atoms with Gasteiger partial charge in [0.1, 0.15) is 6.54 Å². The third-order valence-electron chi connectivity index (χ3n) is 3.83. The number of benzene rings is 1. The predicted molar refractivity (Wildman–Crippen MR) is 89.9 cm³/mol. The maximum atomic E-state index is 12.7. The molecule has 1 amide bonds. The lowest BCUT2D eigenvalue weighted by molar-refractivity contribution is -0.137. The highest BCUT2D eigenvalue weighted by Gasteiger charge is 2.29. The number of hydrogen-bond acceptors (Lipinski definition) is 5. The van der Waals surface area contributed by atoms with E-state index in [0.29, 0.717) is 5.56 Å². The van der Waals surface area contributed by atoms with E-state index in [2.05, 4.69) is 4.72 Å². The Hall–Kier alpha value is -1.97. The van der Waals surface area contributed by atoms with E-state index in [9.17, 15) is 18.0 Å². The first kappa shape index (κ1) is 19.4. The van der Waals surface area contributed by atoms with Crippen molar-refractivity contribution in [3.63, 3.8) is 0 Å². The number of nitrogens with one attached hydrogen (secondary N) is 1. The van der Waals surface area contributed by atoms with Crippen LogP contribution in [-0.2, 0) is 19.6 Å². The van der Waals surface area contributed by atoms with E-state index in [1.54, 1.807) is 13.0 Å². The van der Waals surface area contributed by atoms with Gasteiger partial charge in [0.15, 0.2) is 0 Å². The number of amides is 1. The Balaban J connectivity index is 2.30. The van der Waals surface area contributed by atoms with Crippen molar-refractivity contribution < 1.29 is 27.9 Å². The van der Waals surface area contributed by atoms with Gasteiger partial charge in [0.05, 0.1) is 11.5 Å². The molecule has 1 aromatic rings. The number of carbonyl (C=O) groups is 2. The highest BCUT2D eigenvalue weighted by atomic mass is 32.2. The van der Waals surface area contributed by atoms with Gasteiger partial charge in [0, 0.05) is 25.3 Å². The Labute approximate surface area is 146 Å². The Morgan fingerprint density at radius 1 is 1.36 bits per heavy atom. The molecule has 0 bridgehead atoms. The monoisotopic (exact) mass is 370 g/mol. The van der Waals surface area contributed by atoms with E-state index in [1.807, 2.05) is 0 Å². The van der Waals surface area contributed by atoms with Crippen molar-refractivity contribution in [3.05, 3.63) is 29.3 Å². The minimum atomic E-state index is -3.70. The van der Waals surface area contributed by atoms with Crippen LogP contribution in [0.15, 0.2) is 23.1 Å². The molecule has 2 rings (SSSR count). The van der Waals surface area contributed by atoms with Crippen molar-refractivity contribution in [2.24, 2.45) is 0 Å². The van der Waals surface area contributed by atoms with Gasteiger partial charge in [-0.25, -0.2) is 13.1 Å². The molecule has 25 heavy (non-hydrogen) atoms. The molecule has 0 spiro atoms. The summed E-state index contributed by atoms with van der Waals surface area (Å²) in [6.07, 6.45) is 1.61. The Morgan fingerprint density at radius 2 is 2.04 bits per heavy atom. The first-order valence-electron chi connectivity index (χ1n) is 7.87. The Bertz CT molecular complexity index is 758. The molecule has 0 aliphatic heterocycles. The number of sulfonamides is 1. The molecule has 8 nitrogen and oxygen atoms in total. The van der Waals surface area contributed by atoms with Crippen molar-refractivity contribution in [2.75, 3.05) is 26.8 Å². The number of carboxylic acid groups (broad SMARTS) is 1. The van der Waals surface area contributed by atoms with Crippen LogP contribution in [0.25, 0.3) is 0 Å². The van der Waals surface area contributed by atoms with Gasteiger partial charge in [-0.1, -0.05) is 6.07 Å². The fourth-order valence-electron chi connectivity index (χ4n) is 2.27. The summed E-state index contributed by atoms with van der Waals surface area (Å²) in [5.74, 6) is -1.69. The zero-order chi connectivity index (χ0) is 18.6. The van der Waals surface area contributed by atoms with Crippen LogP contribution in [0.2, 0.25) is 0 Å². The van der Waals surface area contributed by atoms with Gasteiger partial charge in [-0.2, -0.15) is 0 Å². The summed E-state index contributed by atoms with van der Waals surface area (Å²) < 4.78 is 32.1. The van der Waals surface area contributed by atoms with Crippen LogP contribution >= 0.6 is 0 Å². The van der Waals surface area contributed by atoms with E-state index < -0.39 is 28.4 Å². The number of methoxy groups -OCH3 is 1. The second-order valence-corrected chi connectivity index (χ2v) is 7.70. The minimum absolute atomic E-state index is 0.00429. The van der Waals surface area contributed by atoms with Gasteiger partial charge >= 0.3 is 5.97 Å². The molecule has 0 aromatic heterocycles. The largest absolute Gasteiger partial charge is 0.480 e. The standard InChI is InChI=1S/C16H22N2O6S/c1-11-3-6-13(25(22,23)17-12-4-5-12)9-14(11)16(21)18(7-8-24-2)10-15(19)20/h3,6,9,12,17H,4-5,7-8,10H2,1-2H3,(H,19,20). The van der Waals surface area contributed by atoms with Crippen LogP contribution in [0.1, 0.15) is 28.8 Å². The molecular weight excluding hydrogens is 348 g/mol. The van der Waals surface area contributed by atoms with Gasteiger partial charge in [-0.05, 0) is 37.5 Å². The Kier molecular flexibility index (Phi) is 6.15. The summed E-state index contributed by atoms with van der Waals surface area (Å²) in [6.45, 7) is 1.46. The molecule has 1 aromatic carbocycles. The van der Waals surface area contributed by atoms with Crippen molar-refractivity contribution in [1.82, 2.24) is 9.62 Å². The molecule has 9 heteroatoms. The molecule has 0 unspecified atom stereocenters. The molecular formula is C16H22N2O6S. The van der Waals surface area contributed by atoms with E-state index in [-0.39, 0.29) is 29.7 Å². The molecule has 0 heterocycles. The number of nitrogens with zero attached hydrogens (tertiary/aromatic N) is 1. The molecule has 0 atom stereocenters. The minimum Gasteiger partial charge on any atom is -0.480 e. The van der Waals surface area contributed by atoms with Crippen molar-refractivity contribution in [3.8, 4) is 0 Å². The summed E-state index contributed by atoms with van der Waals surface area (Å²) in [7, 11) is -2.25.